The van der Waals surface area contributed by atoms with Crippen molar-refractivity contribution in [2.75, 3.05) is 12.8 Å². The number of nitrogens with zero attached hydrogens (tertiary/aromatic N) is 2. The molecule has 2 N–H and O–H groups in total. The summed E-state index contributed by atoms with van der Waals surface area (Å²) in [5, 5.41) is 3.80. The number of hydrogen-bond acceptors (Lipinski definition) is 5. The molecule has 16 heavy (non-hydrogen) atoms. The molecule has 0 bridgehead atoms. The van der Waals surface area contributed by atoms with Gasteiger partial charge in [0.2, 0.25) is 0 Å². The first kappa shape index (κ1) is 10.6. The van der Waals surface area contributed by atoms with E-state index in [2.05, 4.69) is 10.1 Å². The van der Waals surface area contributed by atoms with Crippen LogP contribution in [0.25, 0.3) is 11.5 Å². The molecular formula is C11H13N3O2. The van der Waals surface area contributed by atoms with Crippen molar-refractivity contribution in [2.45, 2.75) is 13.5 Å². The molecule has 0 spiro atoms. The van der Waals surface area contributed by atoms with Crippen LogP contribution in [0.5, 0.6) is 0 Å². The molecule has 1 aromatic carbocycles. The van der Waals surface area contributed by atoms with Gasteiger partial charge in [-0.2, -0.15) is 4.98 Å². The van der Waals surface area contributed by atoms with Gasteiger partial charge in [0.05, 0.1) is 5.56 Å². The van der Waals surface area contributed by atoms with Crippen molar-refractivity contribution in [3.63, 3.8) is 0 Å². The molecule has 0 unspecified atom stereocenters. The van der Waals surface area contributed by atoms with Gasteiger partial charge in [-0.25, -0.2) is 0 Å². The van der Waals surface area contributed by atoms with Crippen LogP contribution in [0.2, 0.25) is 0 Å². The second-order valence-electron chi connectivity index (χ2n) is 3.49. The maximum absolute atomic E-state index is 5.88. The highest BCUT2D eigenvalue weighted by Gasteiger charge is 2.13. The highest BCUT2D eigenvalue weighted by molar-refractivity contribution is 5.73. The zero-order chi connectivity index (χ0) is 11.5. The molecule has 5 heteroatoms. The minimum atomic E-state index is 0.329. The van der Waals surface area contributed by atoms with Crippen LogP contribution in [0.15, 0.2) is 22.7 Å². The van der Waals surface area contributed by atoms with Crippen molar-refractivity contribution in [1.82, 2.24) is 10.1 Å². The molecule has 2 aromatic rings. The molecule has 0 fully saturated rings. The topological polar surface area (TPSA) is 74.2 Å². The zero-order valence-electron chi connectivity index (χ0n) is 9.23. The van der Waals surface area contributed by atoms with E-state index in [0.717, 1.165) is 11.1 Å². The van der Waals surface area contributed by atoms with Crippen LogP contribution in [0.1, 0.15) is 11.4 Å². The van der Waals surface area contributed by atoms with E-state index in [1.807, 2.05) is 25.1 Å². The highest BCUT2D eigenvalue weighted by atomic mass is 16.5. The van der Waals surface area contributed by atoms with Gasteiger partial charge in [-0.3, -0.25) is 0 Å². The Morgan fingerprint density at radius 3 is 2.94 bits per heavy atom. The normalized spacial score (nSPS) is 10.6. The summed E-state index contributed by atoms with van der Waals surface area (Å²) >= 11 is 0. The number of anilines is 1. The van der Waals surface area contributed by atoms with Crippen molar-refractivity contribution < 1.29 is 9.26 Å². The second-order valence-corrected chi connectivity index (χ2v) is 3.49. The fourth-order valence-corrected chi connectivity index (χ4v) is 1.53. The van der Waals surface area contributed by atoms with Crippen molar-refractivity contribution in [2.24, 2.45) is 0 Å². The van der Waals surface area contributed by atoms with Gasteiger partial charge < -0.3 is 15.0 Å². The molecule has 0 saturated heterocycles. The van der Waals surface area contributed by atoms with Crippen molar-refractivity contribution in [3.8, 4) is 11.5 Å². The third-order valence-electron chi connectivity index (χ3n) is 2.26. The standard InChI is InChI=1S/C11H13N3O2/c1-7-4-3-5-8(12)10(7)11-13-9(6-15-2)14-16-11/h3-5H,6,12H2,1-2H3. The van der Waals surface area contributed by atoms with Gasteiger partial charge in [0.25, 0.3) is 5.89 Å². The van der Waals surface area contributed by atoms with Crippen molar-refractivity contribution in [1.29, 1.82) is 0 Å². The van der Waals surface area contributed by atoms with Gasteiger partial charge in [-0.1, -0.05) is 17.3 Å². The molecule has 0 aliphatic heterocycles. The van der Waals surface area contributed by atoms with E-state index in [0.29, 0.717) is 24.0 Å². The number of nitrogens with two attached hydrogens (primary N) is 1. The third kappa shape index (κ3) is 1.90. The van der Waals surface area contributed by atoms with E-state index in [-0.39, 0.29) is 0 Å². The Morgan fingerprint density at radius 1 is 1.44 bits per heavy atom. The van der Waals surface area contributed by atoms with Gasteiger partial charge in [0.1, 0.15) is 6.61 Å². The molecule has 2 rings (SSSR count). The summed E-state index contributed by atoms with van der Waals surface area (Å²) in [6, 6.07) is 5.65. The van der Waals surface area contributed by atoms with E-state index in [1.54, 1.807) is 7.11 Å². The minimum absolute atomic E-state index is 0.329. The number of aromatic nitrogens is 2. The number of benzene rings is 1. The maximum atomic E-state index is 5.88. The summed E-state index contributed by atoms with van der Waals surface area (Å²) in [5.74, 6) is 0.947. The summed E-state index contributed by atoms with van der Waals surface area (Å²) in [6.45, 7) is 2.28. The first-order chi connectivity index (χ1) is 7.72. The fraction of sp³-hybridized carbons (Fsp3) is 0.273. The first-order valence-electron chi connectivity index (χ1n) is 4.89. The van der Waals surface area contributed by atoms with Crippen LogP contribution in [-0.2, 0) is 11.3 Å². The summed E-state index contributed by atoms with van der Waals surface area (Å²) in [4.78, 5) is 4.21. The summed E-state index contributed by atoms with van der Waals surface area (Å²) < 4.78 is 10.1. The molecule has 5 nitrogen and oxygen atoms in total. The average Bonchev–Trinajstić information content (AvgIpc) is 2.67. The number of hydrogen-bond donors (Lipinski definition) is 1. The number of methoxy groups -OCH3 is 1. The molecule has 0 saturated carbocycles. The van der Waals surface area contributed by atoms with Crippen LogP contribution >= 0.6 is 0 Å². The molecule has 84 valence electrons. The van der Waals surface area contributed by atoms with Crippen LogP contribution in [0, 0.1) is 6.92 Å². The Balaban J connectivity index is 2.42. The molecular weight excluding hydrogens is 206 g/mol. The van der Waals surface area contributed by atoms with Gasteiger partial charge in [-0.05, 0) is 18.6 Å². The lowest BCUT2D eigenvalue weighted by molar-refractivity contribution is 0.174. The molecule has 0 atom stereocenters. The van der Waals surface area contributed by atoms with Crippen LogP contribution in [-0.4, -0.2) is 17.3 Å². The molecule has 0 aliphatic carbocycles. The number of nitrogen functional groups attached to an aromatic ring is 1. The molecule has 0 amide bonds. The zero-order valence-corrected chi connectivity index (χ0v) is 9.23. The SMILES string of the molecule is COCc1noc(-c2c(C)cccc2N)n1. The monoisotopic (exact) mass is 219 g/mol. The molecule has 1 aromatic heterocycles. The van der Waals surface area contributed by atoms with E-state index in [1.165, 1.54) is 0 Å². The minimum Gasteiger partial charge on any atom is -0.398 e. The Hall–Kier alpha value is -1.88. The smallest absolute Gasteiger partial charge is 0.260 e. The van der Waals surface area contributed by atoms with Crippen LogP contribution < -0.4 is 5.73 Å². The Morgan fingerprint density at radius 2 is 2.25 bits per heavy atom. The van der Waals surface area contributed by atoms with E-state index in [4.69, 9.17) is 15.0 Å². The Kier molecular flexibility index (Phi) is 2.87. The lowest BCUT2D eigenvalue weighted by atomic mass is 10.1. The maximum Gasteiger partial charge on any atom is 0.260 e. The molecule has 0 radical (unpaired) electrons. The third-order valence-corrected chi connectivity index (χ3v) is 2.26. The Bertz CT molecular complexity index is 473. The summed E-state index contributed by atoms with van der Waals surface area (Å²) in [5.41, 5.74) is 8.31. The van der Waals surface area contributed by atoms with Crippen LogP contribution in [0.4, 0.5) is 5.69 Å². The van der Waals surface area contributed by atoms with Crippen LogP contribution in [0.3, 0.4) is 0 Å². The predicted octanol–water partition coefficient (Wildman–Crippen LogP) is 1.77. The fourth-order valence-electron chi connectivity index (χ4n) is 1.53. The molecule has 0 aliphatic rings. The number of aryl methyl sites for hydroxylation is 1. The largest absolute Gasteiger partial charge is 0.398 e. The predicted molar refractivity (Wildman–Crippen MR) is 59.6 cm³/mol. The average molecular weight is 219 g/mol. The number of ether oxygens (including phenoxy) is 1. The Labute approximate surface area is 93.2 Å². The van der Waals surface area contributed by atoms with Gasteiger partial charge in [0, 0.05) is 12.8 Å². The van der Waals surface area contributed by atoms with Crippen molar-refractivity contribution in [3.05, 3.63) is 29.6 Å². The second kappa shape index (κ2) is 4.32. The van der Waals surface area contributed by atoms with E-state index in [9.17, 15) is 0 Å². The van der Waals surface area contributed by atoms with Crippen molar-refractivity contribution >= 4 is 5.69 Å². The van der Waals surface area contributed by atoms with Gasteiger partial charge in [0.15, 0.2) is 5.82 Å². The first-order valence-corrected chi connectivity index (χ1v) is 4.89. The summed E-state index contributed by atoms with van der Waals surface area (Å²) in [7, 11) is 1.58. The number of rotatable bonds is 3. The quantitative estimate of drug-likeness (QED) is 0.796. The van der Waals surface area contributed by atoms with Gasteiger partial charge >= 0.3 is 0 Å². The summed E-state index contributed by atoms with van der Waals surface area (Å²) in [6.07, 6.45) is 0. The molecule has 1 heterocycles. The van der Waals surface area contributed by atoms with E-state index < -0.39 is 0 Å². The van der Waals surface area contributed by atoms with E-state index >= 15 is 0 Å². The highest BCUT2D eigenvalue weighted by Crippen LogP contribution is 2.27. The van der Waals surface area contributed by atoms with Gasteiger partial charge in [-0.15, -0.1) is 0 Å². The lowest BCUT2D eigenvalue weighted by Gasteiger charge is -2.03. The lowest BCUT2D eigenvalue weighted by Crippen LogP contribution is -1.94.